The highest BCUT2D eigenvalue weighted by Gasteiger charge is 2.06. The molecule has 2 heteroatoms. The van der Waals surface area contributed by atoms with E-state index in [4.69, 9.17) is 0 Å². The van der Waals surface area contributed by atoms with Gasteiger partial charge in [0.05, 0.1) is 5.97 Å². The minimum absolute atomic E-state index is 0.613. The van der Waals surface area contributed by atoms with Crippen molar-refractivity contribution in [3.8, 4) is 0 Å². The molecule has 70 valence electrons. The van der Waals surface area contributed by atoms with Crippen LogP contribution in [-0.4, -0.2) is 5.97 Å². The van der Waals surface area contributed by atoms with E-state index < -0.39 is 11.9 Å². The van der Waals surface area contributed by atoms with Crippen molar-refractivity contribution in [1.82, 2.24) is 0 Å². The third-order valence-electron chi connectivity index (χ3n) is 2.27. The van der Waals surface area contributed by atoms with Crippen LogP contribution in [0.15, 0.2) is 24.3 Å². The SMILES string of the molecule is C=c1ccc2c(c1)C=CC(C(=O)[O-])C=2. The van der Waals surface area contributed by atoms with Gasteiger partial charge in [-0.25, -0.2) is 0 Å². The normalized spacial score (nSPS) is 18.4. The quantitative estimate of drug-likeness (QED) is 0.578. The van der Waals surface area contributed by atoms with Crippen LogP contribution in [0, 0.1) is 5.92 Å². The molecule has 0 aromatic heterocycles. The first-order valence-electron chi connectivity index (χ1n) is 4.37. The molecule has 0 saturated carbocycles. The summed E-state index contributed by atoms with van der Waals surface area (Å²) in [6.45, 7) is 3.81. The fourth-order valence-electron chi connectivity index (χ4n) is 1.52. The van der Waals surface area contributed by atoms with E-state index in [2.05, 4.69) is 6.58 Å². The molecule has 1 aliphatic carbocycles. The van der Waals surface area contributed by atoms with Gasteiger partial charge in [-0.2, -0.15) is 0 Å². The van der Waals surface area contributed by atoms with Gasteiger partial charge in [-0.05, 0) is 22.1 Å². The second-order valence-electron chi connectivity index (χ2n) is 3.33. The van der Waals surface area contributed by atoms with Crippen molar-refractivity contribution < 1.29 is 9.90 Å². The molecular formula is C12H9O2-. The Labute approximate surface area is 81.5 Å². The van der Waals surface area contributed by atoms with E-state index >= 15 is 0 Å². The lowest BCUT2D eigenvalue weighted by atomic mass is 9.98. The number of carboxylic acid groups (broad SMARTS) is 1. The Bertz CT molecular complexity index is 512. The summed E-state index contributed by atoms with van der Waals surface area (Å²) in [5.74, 6) is -1.68. The predicted octanol–water partition coefficient (Wildman–Crippen LogP) is -0.730. The zero-order valence-electron chi connectivity index (χ0n) is 7.57. The number of carboxylic acids is 1. The highest BCUT2D eigenvalue weighted by molar-refractivity contribution is 5.81. The van der Waals surface area contributed by atoms with E-state index in [1.165, 1.54) is 0 Å². The molecule has 1 aromatic carbocycles. The molecular weight excluding hydrogens is 176 g/mol. The molecule has 0 N–H and O–H groups in total. The lowest BCUT2D eigenvalue weighted by Gasteiger charge is -2.13. The van der Waals surface area contributed by atoms with Gasteiger partial charge in [0.1, 0.15) is 0 Å². The molecule has 2 rings (SSSR count). The topological polar surface area (TPSA) is 40.1 Å². The number of aliphatic carboxylic acids is 1. The van der Waals surface area contributed by atoms with Crippen LogP contribution in [0.25, 0.3) is 18.7 Å². The summed E-state index contributed by atoms with van der Waals surface area (Å²) in [7, 11) is 0. The number of benzene rings is 1. The van der Waals surface area contributed by atoms with Gasteiger partial charge in [0.25, 0.3) is 0 Å². The largest absolute Gasteiger partial charge is 0.549 e. The summed E-state index contributed by atoms with van der Waals surface area (Å²) >= 11 is 0. The Morgan fingerprint density at radius 1 is 1.43 bits per heavy atom. The van der Waals surface area contributed by atoms with E-state index in [0.717, 1.165) is 16.0 Å². The van der Waals surface area contributed by atoms with Crippen molar-refractivity contribution in [2.24, 2.45) is 5.92 Å². The van der Waals surface area contributed by atoms with Gasteiger partial charge in [-0.3, -0.25) is 0 Å². The van der Waals surface area contributed by atoms with Gasteiger partial charge in [-0.1, -0.05) is 36.9 Å². The molecule has 0 aliphatic heterocycles. The molecule has 1 unspecified atom stereocenters. The van der Waals surface area contributed by atoms with Crippen LogP contribution in [0.5, 0.6) is 0 Å². The van der Waals surface area contributed by atoms with E-state index in [1.807, 2.05) is 18.2 Å². The lowest BCUT2D eigenvalue weighted by Crippen LogP contribution is -2.31. The average molecular weight is 185 g/mol. The smallest absolute Gasteiger partial charge is 0.0521 e. The van der Waals surface area contributed by atoms with Gasteiger partial charge < -0.3 is 9.90 Å². The first-order chi connectivity index (χ1) is 6.66. The number of rotatable bonds is 1. The fraction of sp³-hybridized carbons (Fsp3) is 0.0833. The Kier molecular flexibility index (Phi) is 1.97. The summed E-state index contributed by atoms with van der Waals surface area (Å²) < 4.78 is 0. The summed E-state index contributed by atoms with van der Waals surface area (Å²) in [4.78, 5) is 10.6. The summed E-state index contributed by atoms with van der Waals surface area (Å²) in [6.07, 6.45) is 5.10. The molecule has 0 heterocycles. The van der Waals surface area contributed by atoms with Gasteiger partial charge >= 0.3 is 0 Å². The van der Waals surface area contributed by atoms with Crippen LogP contribution in [0.1, 0.15) is 5.56 Å². The molecule has 14 heavy (non-hydrogen) atoms. The van der Waals surface area contributed by atoms with Crippen LogP contribution in [0.2, 0.25) is 0 Å². The van der Waals surface area contributed by atoms with Crippen molar-refractivity contribution in [3.63, 3.8) is 0 Å². The van der Waals surface area contributed by atoms with E-state index in [0.29, 0.717) is 0 Å². The Hall–Kier alpha value is -1.83. The maximum atomic E-state index is 10.6. The van der Waals surface area contributed by atoms with Crippen molar-refractivity contribution in [1.29, 1.82) is 0 Å². The van der Waals surface area contributed by atoms with Crippen LogP contribution < -0.4 is 15.5 Å². The third kappa shape index (κ3) is 1.46. The third-order valence-corrected chi connectivity index (χ3v) is 2.27. The van der Waals surface area contributed by atoms with Crippen LogP contribution >= 0.6 is 0 Å². The van der Waals surface area contributed by atoms with E-state index in [1.54, 1.807) is 18.2 Å². The number of fused-ring (bicyclic) bond motifs is 1. The second-order valence-corrected chi connectivity index (χ2v) is 3.33. The molecule has 0 radical (unpaired) electrons. The zero-order chi connectivity index (χ0) is 10.1. The first kappa shape index (κ1) is 8.75. The highest BCUT2D eigenvalue weighted by Crippen LogP contribution is 2.08. The van der Waals surface area contributed by atoms with Crippen LogP contribution in [0.4, 0.5) is 0 Å². The highest BCUT2D eigenvalue weighted by atomic mass is 16.4. The summed E-state index contributed by atoms with van der Waals surface area (Å²) in [5.41, 5.74) is 1.01. The fourth-order valence-corrected chi connectivity index (χ4v) is 1.52. The second kappa shape index (κ2) is 3.14. The maximum Gasteiger partial charge on any atom is 0.0521 e. The van der Waals surface area contributed by atoms with Gasteiger partial charge in [0.15, 0.2) is 0 Å². The minimum Gasteiger partial charge on any atom is -0.549 e. The minimum atomic E-state index is -1.06. The standard InChI is InChI=1S/C12H10O2/c1-8-2-3-10-7-11(12(13)14)5-4-9(10)6-8/h2-7,11H,1H2,(H,13,14)/p-1. The van der Waals surface area contributed by atoms with Gasteiger partial charge in [0, 0.05) is 5.92 Å². The molecule has 0 bridgehead atoms. The molecule has 1 aliphatic rings. The van der Waals surface area contributed by atoms with Crippen molar-refractivity contribution in [2.75, 3.05) is 0 Å². The van der Waals surface area contributed by atoms with Gasteiger partial charge in [0.2, 0.25) is 0 Å². The maximum absolute atomic E-state index is 10.6. The summed E-state index contributed by atoms with van der Waals surface area (Å²) in [6, 6.07) is 5.66. The van der Waals surface area contributed by atoms with Gasteiger partial charge in [-0.15, -0.1) is 0 Å². The van der Waals surface area contributed by atoms with E-state index in [9.17, 15) is 9.90 Å². The number of hydrogen-bond acceptors (Lipinski definition) is 2. The van der Waals surface area contributed by atoms with Crippen molar-refractivity contribution >= 4 is 24.7 Å². The first-order valence-corrected chi connectivity index (χ1v) is 4.37. The Balaban J connectivity index is 2.59. The molecule has 2 nitrogen and oxygen atoms in total. The summed E-state index contributed by atoms with van der Waals surface area (Å²) in [5, 5.41) is 12.5. The van der Waals surface area contributed by atoms with Crippen molar-refractivity contribution in [3.05, 3.63) is 40.3 Å². The predicted molar refractivity (Wildman–Crippen MR) is 53.2 cm³/mol. The monoisotopic (exact) mass is 185 g/mol. The molecule has 1 aromatic rings. The van der Waals surface area contributed by atoms with E-state index in [-0.39, 0.29) is 0 Å². The zero-order valence-corrected chi connectivity index (χ0v) is 7.57. The van der Waals surface area contributed by atoms with Crippen LogP contribution in [-0.2, 0) is 4.79 Å². The molecule has 0 spiro atoms. The van der Waals surface area contributed by atoms with Crippen LogP contribution in [0.3, 0.4) is 0 Å². The Morgan fingerprint density at radius 2 is 2.21 bits per heavy atom. The van der Waals surface area contributed by atoms with Crippen molar-refractivity contribution in [2.45, 2.75) is 0 Å². The number of carbonyl (C=O) groups is 1. The molecule has 0 fully saturated rings. The number of carbonyl (C=O) groups excluding carboxylic acids is 1. The molecule has 0 saturated heterocycles. The average Bonchev–Trinajstić information content (AvgIpc) is 2.16. The lowest BCUT2D eigenvalue weighted by molar-refractivity contribution is -0.307. The molecule has 1 atom stereocenters. The molecule has 0 amide bonds. The number of hydrogen-bond donors (Lipinski definition) is 0. The Morgan fingerprint density at radius 3 is 2.93 bits per heavy atom.